The number of carbonyl (C=O) groups is 2. The van der Waals surface area contributed by atoms with Crippen LogP contribution < -0.4 is 10.6 Å². The van der Waals surface area contributed by atoms with Gasteiger partial charge in [0.2, 0.25) is 0 Å². The number of fused-ring (bicyclic) bond motifs is 2. The van der Waals surface area contributed by atoms with E-state index in [-0.39, 0.29) is 11.8 Å². The minimum absolute atomic E-state index is 0.0585. The molecule has 0 fully saturated rings. The Labute approximate surface area is 93.0 Å². The number of amides is 2. The number of anilines is 1. The quantitative estimate of drug-likeness (QED) is 0.688. The third-order valence-electron chi connectivity index (χ3n) is 2.94. The molecule has 1 heterocycles. The second kappa shape index (κ2) is 3.33. The van der Waals surface area contributed by atoms with Crippen molar-refractivity contribution in [3.8, 4) is 0 Å². The van der Waals surface area contributed by atoms with E-state index in [4.69, 9.17) is 0 Å². The van der Waals surface area contributed by atoms with Crippen molar-refractivity contribution >= 4 is 17.5 Å². The molecule has 0 spiro atoms. The van der Waals surface area contributed by atoms with Crippen molar-refractivity contribution in [3.05, 3.63) is 35.2 Å². The average Bonchev–Trinajstić information content (AvgIpc) is 2.28. The number of ketones is 1. The molecule has 0 unspecified atom stereocenters. The highest BCUT2D eigenvalue weighted by Crippen LogP contribution is 2.28. The van der Waals surface area contributed by atoms with Crippen LogP contribution >= 0.6 is 0 Å². The lowest BCUT2D eigenvalue weighted by atomic mass is 9.88. The number of nitrogens with one attached hydrogen (secondary N) is 2. The summed E-state index contributed by atoms with van der Waals surface area (Å²) in [5.74, 6) is -0.0585. The lowest BCUT2D eigenvalue weighted by molar-refractivity contribution is 0.102. The highest BCUT2D eigenvalue weighted by molar-refractivity contribution is 6.06. The van der Waals surface area contributed by atoms with Gasteiger partial charge in [0, 0.05) is 17.8 Å². The summed E-state index contributed by atoms with van der Waals surface area (Å²) in [6, 6.07) is 3.54. The van der Waals surface area contributed by atoms with Gasteiger partial charge in [0.15, 0.2) is 5.78 Å². The maximum Gasteiger partial charge on any atom is 0.319 e. The predicted octanol–water partition coefficient (Wildman–Crippen LogP) is 1.53. The van der Waals surface area contributed by atoms with Crippen LogP contribution in [0, 0.1) is 6.42 Å². The Bertz CT molecular complexity index is 494. The summed E-state index contributed by atoms with van der Waals surface area (Å²) in [5.41, 5.74) is 3.50. The van der Waals surface area contributed by atoms with Gasteiger partial charge in [-0.15, -0.1) is 0 Å². The molecule has 2 N–H and O–H groups in total. The van der Waals surface area contributed by atoms with E-state index in [0.717, 1.165) is 23.2 Å². The van der Waals surface area contributed by atoms with E-state index in [0.29, 0.717) is 18.5 Å². The minimum Gasteiger partial charge on any atom is -0.334 e. The van der Waals surface area contributed by atoms with Gasteiger partial charge in [0.25, 0.3) is 0 Å². The average molecular weight is 214 g/mol. The van der Waals surface area contributed by atoms with Gasteiger partial charge >= 0.3 is 6.03 Å². The number of Topliss-reactive ketones (excluding diaryl/α,β-unsaturated/α-hetero) is 1. The lowest BCUT2D eigenvalue weighted by Crippen LogP contribution is -2.33. The maximum atomic E-state index is 11.6. The molecule has 2 radical (unpaired) electrons. The molecule has 0 saturated carbocycles. The Morgan fingerprint density at radius 2 is 2.06 bits per heavy atom. The van der Waals surface area contributed by atoms with Crippen LogP contribution in [0.15, 0.2) is 12.1 Å². The fraction of sp³-hybridized carbons (Fsp3) is 0.250. The highest BCUT2D eigenvalue weighted by atomic mass is 16.2. The van der Waals surface area contributed by atoms with Crippen LogP contribution in [0.2, 0.25) is 0 Å². The Kier molecular flexibility index (Phi) is 1.96. The molecule has 0 saturated heterocycles. The zero-order valence-corrected chi connectivity index (χ0v) is 8.59. The van der Waals surface area contributed by atoms with Crippen molar-refractivity contribution < 1.29 is 9.59 Å². The zero-order valence-electron chi connectivity index (χ0n) is 8.59. The molecule has 0 atom stereocenters. The minimum atomic E-state index is -0.219. The van der Waals surface area contributed by atoms with Crippen LogP contribution in [0.1, 0.15) is 27.9 Å². The number of benzene rings is 1. The molecule has 1 aromatic carbocycles. The topological polar surface area (TPSA) is 58.2 Å². The van der Waals surface area contributed by atoms with E-state index in [1.807, 2.05) is 6.07 Å². The number of aryl methyl sites for hydroxylation is 1. The van der Waals surface area contributed by atoms with Gasteiger partial charge < -0.3 is 10.6 Å². The molecule has 1 aliphatic carbocycles. The summed E-state index contributed by atoms with van der Waals surface area (Å²) in [5, 5.41) is 5.41. The molecular weight excluding hydrogens is 204 g/mol. The standard InChI is InChI=1S/C12H10N2O2/c15-11-3-1-2-7-4-8-6-13-12(16)14-10(8)5-9(7)11/h4-5H,1-2,6H2,(H2,13,14,16). The first kappa shape index (κ1) is 9.39. The Hall–Kier alpha value is -1.84. The van der Waals surface area contributed by atoms with Gasteiger partial charge in [-0.05, 0) is 30.0 Å². The van der Waals surface area contributed by atoms with Crippen molar-refractivity contribution in [2.75, 3.05) is 5.32 Å². The number of hydrogen-bond acceptors (Lipinski definition) is 2. The molecule has 1 aliphatic heterocycles. The molecular formula is C12H10N2O2. The van der Waals surface area contributed by atoms with Gasteiger partial charge in [0.05, 0.1) is 6.42 Å². The molecule has 1 aromatic rings. The van der Waals surface area contributed by atoms with Crippen LogP contribution in [-0.4, -0.2) is 11.8 Å². The second-order valence-electron chi connectivity index (χ2n) is 3.98. The van der Waals surface area contributed by atoms with Gasteiger partial charge in [-0.1, -0.05) is 6.07 Å². The Balaban J connectivity index is 2.11. The summed E-state index contributed by atoms with van der Waals surface area (Å²) < 4.78 is 0. The van der Waals surface area contributed by atoms with Crippen LogP contribution in [0.5, 0.6) is 0 Å². The van der Waals surface area contributed by atoms with Crippen LogP contribution in [0.25, 0.3) is 0 Å². The van der Waals surface area contributed by atoms with Crippen LogP contribution in [0.3, 0.4) is 0 Å². The number of urea groups is 1. The number of rotatable bonds is 0. The third kappa shape index (κ3) is 1.38. The lowest BCUT2D eigenvalue weighted by Gasteiger charge is -2.22. The number of carbonyl (C=O) groups excluding carboxylic acids is 2. The Morgan fingerprint density at radius 3 is 2.94 bits per heavy atom. The van der Waals surface area contributed by atoms with E-state index in [2.05, 4.69) is 17.1 Å². The van der Waals surface area contributed by atoms with Crippen molar-refractivity contribution in [1.82, 2.24) is 5.32 Å². The predicted molar refractivity (Wildman–Crippen MR) is 58.2 cm³/mol. The van der Waals surface area contributed by atoms with Crippen molar-refractivity contribution in [2.45, 2.75) is 19.4 Å². The van der Waals surface area contributed by atoms with Gasteiger partial charge in [-0.3, -0.25) is 4.79 Å². The maximum absolute atomic E-state index is 11.6. The van der Waals surface area contributed by atoms with E-state index >= 15 is 0 Å². The van der Waals surface area contributed by atoms with Gasteiger partial charge in [-0.2, -0.15) is 0 Å². The van der Waals surface area contributed by atoms with Crippen LogP contribution in [-0.2, 0) is 13.0 Å². The normalized spacial score (nSPS) is 18.2. The van der Waals surface area contributed by atoms with Crippen LogP contribution in [0.4, 0.5) is 10.5 Å². The first-order valence-electron chi connectivity index (χ1n) is 5.23. The summed E-state index contributed by atoms with van der Waals surface area (Å²) in [4.78, 5) is 22.8. The highest BCUT2D eigenvalue weighted by Gasteiger charge is 2.22. The van der Waals surface area contributed by atoms with Crippen molar-refractivity contribution in [2.24, 2.45) is 0 Å². The Morgan fingerprint density at radius 1 is 1.19 bits per heavy atom. The molecule has 4 heteroatoms. The summed E-state index contributed by atoms with van der Waals surface area (Å²) in [6.45, 7) is 0.524. The molecule has 16 heavy (non-hydrogen) atoms. The molecule has 2 amide bonds. The first-order valence-corrected chi connectivity index (χ1v) is 5.23. The third-order valence-corrected chi connectivity index (χ3v) is 2.94. The molecule has 4 nitrogen and oxygen atoms in total. The monoisotopic (exact) mass is 214 g/mol. The van der Waals surface area contributed by atoms with Gasteiger partial charge in [-0.25, -0.2) is 4.79 Å². The fourth-order valence-corrected chi connectivity index (χ4v) is 2.12. The first-order chi connectivity index (χ1) is 7.74. The van der Waals surface area contributed by atoms with Gasteiger partial charge in [0.1, 0.15) is 0 Å². The number of hydrogen-bond donors (Lipinski definition) is 2. The molecule has 2 aliphatic rings. The van der Waals surface area contributed by atoms with E-state index < -0.39 is 0 Å². The SMILES string of the molecule is O=C1NCc2cc3c(cc2N1)C(=O)[C]CC3. The second-order valence-corrected chi connectivity index (χ2v) is 3.98. The summed E-state index contributed by atoms with van der Waals surface area (Å²) in [6.07, 6.45) is 4.32. The van der Waals surface area contributed by atoms with E-state index in [1.165, 1.54) is 0 Å². The van der Waals surface area contributed by atoms with E-state index in [1.54, 1.807) is 6.07 Å². The smallest absolute Gasteiger partial charge is 0.319 e. The molecule has 0 aromatic heterocycles. The molecule has 0 bridgehead atoms. The summed E-state index contributed by atoms with van der Waals surface area (Å²) in [7, 11) is 0. The molecule has 3 rings (SSSR count). The largest absolute Gasteiger partial charge is 0.334 e. The zero-order chi connectivity index (χ0) is 11.1. The van der Waals surface area contributed by atoms with Crippen molar-refractivity contribution in [3.63, 3.8) is 0 Å². The van der Waals surface area contributed by atoms with E-state index in [9.17, 15) is 9.59 Å². The molecule has 80 valence electrons. The summed E-state index contributed by atoms with van der Waals surface area (Å²) >= 11 is 0. The fourth-order valence-electron chi connectivity index (χ4n) is 2.12. The van der Waals surface area contributed by atoms with Crippen molar-refractivity contribution in [1.29, 1.82) is 0 Å².